The molecule has 0 atom stereocenters. The number of piperazine rings is 1. The van der Waals surface area contributed by atoms with Gasteiger partial charge in [-0.1, -0.05) is 11.8 Å². The highest BCUT2D eigenvalue weighted by molar-refractivity contribution is 7.99. The van der Waals surface area contributed by atoms with E-state index in [0.717, 1.165) is 37.7 Å². The number of esters is 1. The average Bonchev–Trinajstić information content (AvgIpc) is 2.89. The van der Waals surface area contributed by atoms with Gasteiger partial charge >= 0.3 is 5.97 Å². The van der Waals surface area contributed by atoms with Crippen molar-refractivity contribution in [3.63, 3.8) is 0 Å². The number of rotatable bonds is 8. The monoisotopic (exact) mass is 495 g/mol. The SMILES string of the molecule is CCOC(=O)c1ccc(NC(=O)CSc2cc(N3CCN(c4ccc(F)cc4)CC3)ncn2)cc1. The summed E-state index contributed by atoms with van der Waals surface area (Å²) in [5, 5.41) is 3.53. The minimum Gasteiger partial charge on any atom is -0.462 e. The van der Waals surface area contributed by atoms with Crippen molar-refractivity contribution in [2.24, 2.45) is 0 Å². The van der Waals surface area contributed by atoms with Crippen LogP contribution in [0.25, 0.3) is 0 Å². The maximum Gasteiger partial charge on any atom is 0.338 e. The fourth-order valence-corrected chi connectivity index (χ4v) is 4.33. The molecule has 0 saturated carbocycles. The molecule has 0 unspecified atom stereocenters. The van der Waals surface area contributed by atoms with Crippen LogP contribution in [0.3, 0.4) is 0 Å². The predicted molar refractivity (Wildman–Crippen MR) is 135 cm³/mol. The maximum atomic E-state index is 13.2. The van der Waals surface area contributed by atoms with E-state index in [1.54, 1.807) is 43.3 Å². The first kappa shape index (κ1) is 24.5. The van der Waals surface area contributed by atoms with Crippen LogP contribution in [0, 0.1) is 5.82 Å². The fraction of sp³-hybridized carbons (Fsp3) is 0.280. The Morgan fingerprint density at radius 1 is 1.00 bits per heavy atom. The van der Waals surface area contributed by atoms with E-state index in [1.807, 2.05) is 6.07 Å². The number of nitrogens with one attached hydrogen (secondary N) is 1. The number of carbonyl (C=O) groups is 2. The highest BCUT2D eigenvalue weighted by atomic mass is 32.2. The summed E-state index contributed by atoms with van der Waals surface area (Å²) in [6, 6.07) is 15.0. The van der Waals surface area contributed by atoms with Gasteiger partial charge in [-0.25, -0.2) is 19.2 Å². The van der Waals surface area contributed by atoms with E-state index in [-0.39, 0.29) is 17.5 Å². The number of hydrogen-bond donors (Lipinski definition) is 1. The van der Waals surface area contributed by atoms with Crippen LogP contribution in [0.1, 0.15) is 17.3 Å². The van der Waals surface area contributed by atoms with Gasteiger partial charge in [-0.2, -0.15) is 0 Å². The molecule has 1 aliphatic heterocycles. The maximum absolute atomic E-state index is 13.2. The van der Waals surface area contributed by atoms with Crippen molar-refractivity contribution in [3.05, 3.63) is 72.3 Å². The molecule has 1 amide bonds. The average molecular weight is 496 g/mol. The minimum atomic E-state index is -0.391. The van der Waals surface area contributed by atoms with Crippen molar-refractivity contribution >= 4 is 40.8 Å². The lowest BCUT2D eigenvalue weighted by molar-refractivity contribution is -0.113. The number of thioether (sulfide) groups is 1. The Balaban J connectivity index is 1.26. The molecule has 1 N–H and O–H groups in total. The highest BCUT2D eigenvalue weighted by Gasteiger charge is 2.19. The molecule has 1 saturated heterocycles. The number of anilines is 3. The molecule has 0 bridgehead atoms. The van der Waals surface area contributed by atoms with Crippen LogP contribution in [0.4, 0.5) is 21.6 Å². The number of halogens is 1. The van der Waals surface area contributed by atoms with Crippen LogP contribution in [0.15, 0.2) is 66.0 Å². The molecule has 182 valence electrons. The third-order valence-electron chi connectivity index (χ3n) is 5.45. The minimum absolute atomic E-state index is 0.174. The second kappa shape index (κ2) is 11.7. The quantitative estimate of drug-likeness (QED) is 0.287. The van der Waals surface area contributed by atoms with Gasteiger partial charge in [0.15, 0.2) is 0 Å². The van der Waals surface area contributed by atoms with E-state index in [9.17, 15) is 14.0 Å². The van der Waals surface area contributed by atoms with Crippen molar-refractivity contribution in [1.29, 1.82) is 0 Å². The molecule has 0 radical (unpaired) electrons. The number of amides is 1. The standard InChI is InChI=1S/C25H26FN5O3S/c1-2-34-25(33)18-3-7-20(8-4-18)29-23(32)16-35-24-15-22(27-17-28-24)31-13-11-30(12-14-31)21-9-5-19(26)6-10-21/h3-10,15,17H,2,11-14,16H2,1H3,(H,29,32). The molecule has 8 nitrogen and oxygen atoms in total. The summed E-state index contributed by atoms with van der Waals surface area (Å²) in [4.78, 5) is 37.2. The Bertz CT molecular complexity index is 1150. The molecule has 10 heteroatoms. The highest BCUT2D eigenvalue weighted by Crippen LogP contribution is 2.23. The third kappa shape index (κ3) is 6.69. The molecule has 1 fully saturated rings. The van der Waals surface area contributed by atoms with E-state index in [1.165, 1.54) is 30.2 Å². The van der Waals surface area contributed by atoms with Crippen LogP contribution in [0.2, 0.25) is 0 Å². The zero-order valence-corrected chi connectivity index (χ0v) is 20.1. The second-order valence-electron chi connectivity index (χ2n) is 7.80. The van der Waals surface area contributed by atoms with E-state index in [0.29, 0.717) is 22.9 Å². The zero-order chi connectivity index (χ0) is 24.6. The number of carbonyl (C=O) groups excluding carboxylic acids is 2. The second-order valence-corrected chi connectivity index (χ2v) is 8.80. The lowest BCUT2D eigenvalue weighted by atomic mass is 10.2. The Morgan fingerprint density at radius 3 is 2.37 bits per heavy atom. The van der Waals surface area contributed by atoms with Crippen molar-refractivity contribution in [1.82, 2.24) is 9.97 Å². The molecular formula is C25H26FN5O3S. The molecule has 1 aromatic heterocycles. The van der Waals surface area contributed by atoms with Crippen molar-refractivity contribution < 1.29 is 18.7 Å². The predicted octanol–water partition coefficient (Wildman–Crippen LogP) is 3.85. The number of hydrogen-bond acceptors (Lipinski definition) is 8. The Labute approximate surface area is 207 Å². The van der Waals surface area contributed by atoms with Crippen molar-refractivity contribution in [2.45, 2.75) is 11.9 Å². The van der Waals surface area contributed by atoms with Crippen LogP contribution < -0.4 is 15.1 Å². The Kier molecular flexibility index (Phi) is 8.15. The van der Waals surface area contributed by atoms with Gasteiger partial charge in [0.25, 0.3) is 0 Å². The zero-order valence-electron chi connectivity index (χ0n) is 19.3. The molecule has 0 aliphatic carbocycles. The smallest absolute Gasteiger partial charge is 0.338 e. The van der Waals surface area contributed by atoms with Crippen molar-refractivity contribution in [3.8, 4) is 0 Å². The molecule has 0 spiro atoms. The lowest BCUT2D eigenvalue weighted by Crippen LogP contribution is -2.46. The van der Waals surface area contributed by atoms with E-state index >= 15 is 0 Å². The first-order valence-electron chi connectivity index (χ1n) is 11.3. The van der Waals surface area contributed by atoms with Gasteiger partial charge < -0.3 is 19.9 Å². The number of aromatic nitrogens is 2. The first-order valence-corrected chi connectivity index (χ1v) is 12.3. The molecule has 2 heterocycles. The first-order chi connectivity index (χ1) is 17.0. The van der Waals surface area contributed by atoms with Gasteiger partial charge in [-0.3, -0.25) is 4.79 Å². The lowest BCUT2D eigenvalue weighted by Gasteiger charge is -2.36. The van der Waals surface area contributed by atoms with E-state index in [4.69, 9.17) is 4.74 Å². The van der Waals surface area contributed by atoms with Crippen LogP contribution in [-0.4, -0.2) is 60.4 Å². The summed E-state index contributed by atoms with van der Waals surface area (Å²) >= 11 is 1.33. The number of nitrogens with zero attached hydrogens (tertiary/aromatic N) is 4. The molecule has 35 heavy (non-hydrogen) atoms. The van der Waals surface area contributed by atoms with E-state index < -0.39 is 5.97 Å². The van der Waals surface area contributed by atoms with Gasteiger partial charge in [-0.05, 0) is 55.5 Å². The van der Waals surface area contributed by atoms with Crippen LogP contribution in [-0.2, 0) is 9.53 Å². The van der Waals surface area contributed by atoms with Gasteiger partial charge in [0.1, 0.15) is 23.0 Å². The van der Waals surface area contributed by atoms with Crippen LogP contribution in [0.5, 0.6) is 0 Å². The molecule has 2 aromatic carbocycles. The number of ether oxygens (including phenoxy) is 1. The molecular weight excluding hydrogens is 469 g/mol. The van der Waals surface area contributed by atoms with Gasteiger partial charge in [0, 0.05) is 43.6 Å². The normalized spacial score (nSPS) is 13.4. The summed E-state index contributed by atoms with van der Waals surface area (Å²) in [6.07, 6.45) is 1.51. The largest absolute Gasteiger partial charge is 0.462 e. The fourth-order valence-electron chi connectivity index (χ4n) is 3.67. The van der Waals surface area contributed by atoms with Crippen LogP contribution >= 0.6 is 11.8 Å². The van der Waals surface area contributed by atoms with Gasteiger partial charge in [-0.15, -0.1) is 0 Å². The summed E-state index contributed by atoms with van der Waals surface area (Å²) in [7, 11) is 0. The number of benzene rings is 2. The van der Waals surface area contributed by atoms with Crippen molar-refractivity contribution in [2.75, 3.05) is 53.7 Å². The summed E-state index contributed by atoms with van der Waals surface area (Å²) in [5.41, 5.74) is 2.05. The Morgan fingerprint density at radius 2 is 1.69 bits per heavy atom. The summed E-state index contributed by atoms with van der Waals surface area (Å²) < 4.78 is 18.1. The third-order valence-corrected chi connectivity index (χ3v) is 6.38. The molecule has 1 aliphatic rings. The Hall–Kier alpha value is -3.66. The molecule has 3 aromatic rings. The summed E-state index contributed by atoms with van der Waals surface area (Å²) in [6.45, 7) is 5.22. The van der Waals surface area contributed by atoms with Gasteiger partial charge in [0.05, 0.1) is 17.9 Å². The topological polar surface area (TPSA) is 87.7 Å². The van der Waals surface area contributed by atoms with E-state index in [2.05, 4.69) is 25.1 Å². The summed E-state index contributed by atoms with van der Waals surface area (Å²) in [5.74, 6) is 0.202. The molecule has 4 rings (SSSR count). The van der Waals surface area contributed by atoms with Gasteiger partial charge in [0.2, 0.25) is 5.91 Å².